The molecule has 0 unspecified atom stereocenters. The minimum Gasteiger partial charge on any atom is -0.507 e. The van der Waals surface area contributed by atoms with Crippen LogP contribution in [-0.4, -0.2) is 5.11 Å². The first-order valence-electron chi connectivity index (χ1n) is 5.32. The first kappa shape index (κ1) is 10.0. The Morgan fingerprint density at radius 1 is 1.07 bits per heavy atom. The molecule has 2 aromatic rings. The Kier molecular flexibility index (Phi) is 2.39. The molecule has 0 aliphatic rings. The summed E-state index contributed by atoms with van der Waals surface area (Å²) in [6, 6.07) is 10.2. The second-order valence-corrected chi connectivity index (χ2v) is 4.33. The van der Waals surface area contributed by atoms with Crippen LogP contribution in [0.15, 0.2) is 30.3 Å². The highest BCUT2D eigenvalue weighted by Crippen LogP contribution is 2.34. The van der Waals surface area contributed by atoms with Crippen LogP contribution in [0.4, 0.5) is 0 Å². The number of aryl methyl sites for hydroxylation is 1. The van der Waals surface area contributed by atoms with Crippen LogP contribution in [0.3, 0.4) is 0 Å². The fraction of sp³-hybridized carbons (Fsp3) is 0.286. The third-order valence-corrected chi connectivity index (χ3v) is 2.88. The molecule has 0 fully saturated rings. The van der Waals surface area contributed by atoms with E-state index in [-0.39, 0.29) is 0 Å². The second kappa shape index (κ2) is 3.58. The lowest BCUT2D eigenvalue weighted by atomic mass is 9.95. The third-order valence-electron chi connectivity index (χ3n) is 2.88. The summed E-state index contributed by atoms with van der Waals surface area (Å²) in [4.78, 5) is 0. The first-order valence-corrected chi connectivity index (χ1v) is 5.32. The van der Waals surface area contributed by atoms with Crippen molar-refractivity contribution >= 4 is 10.8 Å². The molecule has 78 valence electrons. The fourth-order valence-electron chi connectivity index (χ4n) is 2.02. The average Bonchev–Trinajstić information content (AvgIpc) is 2.17. The van der Waals surface area contributed by atoms with E-state index in [2.05, 4.69) is 19.9 Å². The van der Waals surface area contributed by atoms with Gasteiger partial charge in [0, 0.05) is 5.39 Å². The quantitative estimate of drug-likeness (QED) is 0.738. The molecule has 0 spiro atoms. The van der Waals surface area contributed by atoms with Crippen LogP contribution in [0.2, 0.25) is 0 Å². The first-order chi connectivity index (χ1) is 7.11. The topological polar surface area (TPSA) is 20.2 Å². The number of hydrogen-bond acceptors (Lipinski definition) is 1. The molecule has 0 atom stereocenters. The van der Waals surface area contributed by atoms with E-state index in [4.69, 9.17) is 0 Å². The van der Waals surface area contributed by atoms with Crippen LogP contribution in [0.5, 0.6) is 5.75 Å². The SMILES string of the molecule is Cc1cccc2ccc(C(C)C)c(O)c12. The number of fused-ring (bicyclic) bond motifs is 1. The maximum absolute atomic E-state index is 10.2. The van der Waals surface area contributed by atoms with Crippen LogP contribution in [0.1, 0.15) is 30.9 Å². The van der Waals surface area contributed by atoms with Crippen molar-refractivity contribution in [2.45, 2.75) is 26.7 Å². The molecule has 1 N–H and O–H groups in total. The van der Waals surface area contributed by atoms with Gasteiger partial charge in [-0.2, -0.15) is 0 Å². The van der Waals surface area contributed by atoms with Crippen molar-refractivity contribution in [1.82, 2.24) is 0 Å². The predicted octanol–water partition coefficient (Wildman–Crippen LogP) is 3.98. The van der Waals surface area contributed by atoms with Crippen molar-refractivity contribution in [2.75, 3.05) is 0 Å². The number of hydrogen-bond donors (Lipinski definition) is 1. The Morgan fingerprint density at radius 2 is 1.80 bits per heavy atom. The van der Waals surface area contributed by atoms with E-state index in [0.29, 0.717) is 11.7 Å². The molecular formula is C14H16O. The third kappa shape index (κ3) is 1.58. The van der Waals surface area contributed by atoms with Gasteiger partial charge in [0.2, 0.25) is 0 Å². The summed E-state index contributed by atoms with van der Waals surface area (Å²) in [6.45, 7) is 6.23. The molecular weight excluding hydrogens is 184 g/mol. The molecule has 0 heterocycles. The Labute approximate surface area is 90.4 Å². The summed E-state index contributed by atoms with van der Waals surface area (Å²) in [5.41, 5.74) is 2.16. The van der Waals surface area contributed by atoms with Crippen LogP contribution < -0.4 is 0 Å². The number of aromatic hydroxyl groups is 1. The van der Waals surface area contributed by atoms with E-state index < -0.39 is 0 Å². The van der Waals surface area contributed by atoms with Crippen molar-refractivity contribution in [2.24, 2.45) is 0 Å². The van der Waals surface area contributed by atoms with Crippen LogP contribution in [0.25, 0.3) is 10.8 Å². The van der Waals surface area contributed by atoms with Crippen LogP contribution >= 0.6 is 0 Å². The minimum atomic E-state index is 0.356. The highest BCUT2D eigenvalue weighted by molar-refractivity contribution is 5.92. The van der Waals surface area contributed by atoms with Crippen LogP contribution in [0, 0.1) is 6.92 Å². The number of rotatable bonds is 1. The van der Waals surface area contributed by atoms with Gasteiger partial charge >= 0.3 is 0 Å². The summed E-state index contributed by atoms with van der Waals surface area (Å²) in [7, 11) is 0. The highest BCUT2D eigenvalue weighted by atomic mass is 16.3. The highest BCUT2D eigenvalue weighted by Gasteiger charge is 2.10. The lowest BCUT2D eigenvalue weighted by Crippen LogP contribution is -1.90. The summed E-state index contributed by atoms with van der Waals surface area (Å²) < 4.78 is 0. The Balaban J connectivity index is 2.83. The van der Waals surface area contributed by atoms with Gasteiger partial charge in [0.25, 0.3) is 0 Å². The maximum atomic E-state index is 10.2. The summed E-state index contributed by atoms with van der Waals surface area (Å²) in [6.07, 6.45) is 0. The van der Waals surface area contributed by atoms with Crippen molar-refractivity contribution < 1.29 is 5.11 Å². The standard InChI is InChI=1S/C14H16O/c1-9(2)12-8-7-11-6-4-5-10(3)13(11)14(12)15/h4-9,15H,1-3H3. The molecule has 0 bridgehead atoms. The normalized spacial score (nSPS) is 11.2. The molecule has 2 rings (SSSR count). The summed E-state index contributed by atoms with van der Waals surface area (Å²) in [5.74, 6) is 0.801. The maximum Gasteiger partial charge on any atom is 0.127 e. The zero-order chi connectivity index (χ0) is 11.0. The van der Waals surface area contributed by atoms with Gasteiger partial charge in [-0.05, 0) is 29.4 Å². The molecule has 1 nitrogen and oxygen atoms in total. The molecule has 0 amide bonds. The molecule has 0 saturated carbocycles. The molecule has 2 aromatic carbocycles. The van der Waals surface area contributed by atoms with Gasteiger partial charge in [0.05, 0.1) is 0 Å². The number of phenolic OH excluding ortho intramolecular Hbond substituents is 1. The molecule has 0 aliphatic carbocycles. The zero-order valence-electron chi connectivity index (χ0n) is 9.41. The van der Waals surface area contributed by atoms with Crippen molar-refractivity contribution in [3.8, 4) is 5.75 Å². The van der Waals surface area contributed by atoms with E-state index in [1.54, 1.807) is 0 Å². The molecule has 0 aromatic heterocycles. The van der Waals surface area contributed by atoms with Crippen molar-refractivity contribution in [3.63, 3.8) is 0 Å². The second-order valence-electron chi connectivity index (χ2n) is 4.33. The van der Waals surface area contributed by atoms with Gasteiger partial charge < -0.3 is 5.11 Å². The summed E-state index contributed by atoms with van der Waals surface area (Å²) >= 11 is 0. The molecule has 0 saturated heterocycles. The average molecular weight is 200 g/mol. The lowest BCUT2D eigenvalue weighted by Gasteiger charge is -2.12. The largest absolute Gasteiger partial charge is 0.507 e. The number of phenols is 1. The molecule has 15 heavy (non-hydrogen) atoms. The zero-order valence-corrected chi connectivity index (χ0v) is 9.41. The van der Waals surface area contributed by atoms with Gasteiger partial charge in [0.1, 0.15) is 5.75 Å². The van der Waals surface area contributed by atoms with Gasteiger partial charge in [0.15, 0.2) is 0 Å². The van der Waals surface area contributed by atoms with Crippen molar-refractivity contribution in [1.29, 1.82) is 0 Å². The van der Waals surface area contributed by atoms with Crippen LogP contribution in [-0.2, 0) is 0 Å². The molecule has 1 heteroatoms. The Hall–Kier alpha value is -1.50. The predicted molar refractivity (Wildman–Crippen MR) is 64.4 cm³/mol. The fourth-order valence-corrected chi connectivity index (χ4v) is 2.02. The van der Waals surface area contributed by atoms with E-state index >= 15 is 0 Å². The summed E-state index contributed by atoms with van der Waals surface area (Å²) in [5, 5.41) is 12.3. The van der Waals surface area contributed by atoms with Gasteiger partial charge in [-0.3, -0.25) is 0 Å². The van der Waals surface area contributed by atoms with Gasteiger partial charge in [-0.25, -0.2) is 0 Å². The minimum absolute atomic E-state index is 0.356. The van der Waals surface area contributed by atoms with E-state index in [1.807, 2.05) is 31.2 Å². The monoisotopic (exact) mass is 200 g/mol. The van der Waals surface area contributed by atoms with Crippen molar-refractivity contribution in [3.05, 3.63) is 41.5 Å². The smallest absolute Gasteiger partial charge is 0.127 e. The Morgan fingerprint density at radius 3 is 2.47 bits per heavy atom. The Bertz CT molecular complexity index is 498. The van der Waals surface area contributed by atoms with E-state index in [9.17, 15) is 5.11 Å². The van der Waals surface area contributed by atoms with E-state index in [1.165, 1.54) is 0 Å². The van der Waals surface area contributed by atoms with E-state index in [0.717, 1.165) is 21.9 Å². The number of benzene rings is 2. The molecule has 0 radical (unpaired) electrons. The lowest BCUT2D eigenvalue weighted by molar-refractivity contribution is 0.471. The molecule has 0 aliphatic heterocycles. The van der Waals surface area contributed by atoms with Gasteiger partial charge in [-0.15, -0.1) is 0 Å². The van der Waals surface area contributed by atoms with Gasteiger partial charge in [-0.1, -0.05) is 44.2 Å².